The summed E-state index contributed by atoms with van der Waals surface area (Å²) in [6.07, 6.45) is -0.173. The van der Waals surface area contributed by atoms with Gasteiger partial charge in [-0.3, -0.25) is 14.9 Å². The van der Waals surface area contributed by atoms with Gasteiger partial charge in [-0.1, -0.05) is 26.8 Å². The predicted octanol–water partition coefficient (Wildman–Crippen LogP) is 2.21. The normalized spacial score (nSPS) is 20.6. The van der Waals surface area contributed by atoms with Crippen LogP contribution in [0.5, 0.6) is 0 Å². The molecule has 0 radical (unpaired) electrons. The molecule has 1 saturated heterocycles. The lowest BCUT2D eigenvalue weighted by Crippen LogP contribution is -2.40. The van der Waals surface area contributed by atoms with Gasteiger partial charge in [-0.2, -0.15) is 0 Å². The van der Waals surface area contributed by atoms with E-state index in [9.17, 15) is 24.8 Å². The first-order valence-corrected chi connectivity index (χ1v) is 7.91. The van der Waals surface area contributed by atoms with E-state index in [2.05, 4.69) is 0 Å². The number of benzene rings is 1. The number of methoxy groups -OCH3 is 1. The Morgan fingerprint density at radius 2 is 2.00 bits per heavy atom. The summed E-state index contributed by atoms with van der Waals surface area (Å²) in [5.74, 6) is -1.66. The minimum absolute atomic E-state index is 0.0997. The molecule has 2 atom stereocenters. The first-order valence-electron chi connectivity index (χ1n) is 7.91. The number of carboxylic acid groups (broad SMARTS) is 1. The lowest BCUT2D eigenvalue weighted by Gasteiger charge is -2.23. The van der Waals surface area contributed by atoms with Crippen LogP contribution in [0.25, 0.3) is 0 Å². The van der Waals surface area contributed by atoms with Gasteiger partial charge in [0.15, 0.2) is 0 Å². The van der Waals surface area contributed by atoms with Gasteiger partial charge in [0.2, 0.25) is 0 Å². The molecule has 1 aliphatic rings. The number of hydrogen-bond donors (Lipinski definition) is 1. The predicted molar refractivity (Wildman–Crippen MR) is 89.7 cm³/mol. The fourth-order valence-electron chi connectivity index (χ4n) is 3.04. The summed E-state index contributed by atoms with van der Waals surface area (Å²) in [4.78, 5) is 36.2. The number of amides is 1. The van der Waals surface area contributed by atoms with E-state index in [-0.39, 0.29) is 30.3 Å². The van der Waals surface area contributed by atoms with Crippen molar-refractivity contribution in [3.63, 3.8) is 0 Å². The lowest BCUT2D eigenvalue weighted by molar-refractivity contribution is -0.386. The van der Waals surface area contributed by atoms with Gasteiger partial charge in [0.25, 0.3) is 11.6 Å². The highest BCUT2D eigenvalue weighted by atomic mass is 16.6. The van der Waals surface area contributed by atoms with Gasteiger partial charge in [0.05, 0.1) is 11.0 Å². The number of carbonyl (C=O) groups excluding carboxylic acids is 1. The van der Waals surface area contributed by atoms with Crippen molar-refractivity contribution in [3.05, 3.63) is 39.4 Å². The van der Waals surface area contributed by atoms with Crippen LogP contribution in [0.4, 0.5) is 5.69 Å². The van der Waals surface area contributed by atoms with Crippen molar-refractivity contribution >= 4 is 17.6 Å². The SMILES string of the molecule is COC1CC(C(=O)O)N(C(=O)c2ccc(C(C)(C)C)c([N+](=O)[O-])c2)C1. The Hall–Kier alpha value is -2.48. The molecule has 1 heterocycles. The summed E-state index contributed by atoms with van der Waals surface area (Å²) in [7, 11) is 1.46. The summed E-state index contributed by atoms with van der Waals surface area (Å²) in [6.45, 7) is 5.68. The molecule has 0 saturated carbocycles. The number of aliphatic carboxylic acids is 1. The fourth-order valence-corrected chi connectivity index (χ4v) is 3.04. The van der Waals surface area contributed by atoms with Crippen LogP contribution in [0.15, 0.2) is 18.2 Å². The smallest absolute Gasteiger partial charge is 0.326 e. The van der Waals surface area contributed by atoms with Crippen LogP contribution in [0.3, 0.4) is 0 Å². The number of likely N-dealkylation sites (tertiary alicyclic amines) is 1. The van der Waals surface area contributed by atoms with Crippen LogP contribution >= 0.6 is 0 Å². The number of carbonyl (C=O) groups is 2. The van der Waals surface area contributed by atoms with Crippen LogP contribution in [-0.2, 0) is 14.9 Å². The molecular weight excluding hydrogens is 328 g/mol. The van der Waals surface area contributed by atoms with Crippen molar-refractivity contribution in [2.45, 2.75) is 44.8 Å². The minimum atomic E-state index is -1.12. The summed E-state index contributed by atoms with van der Waals surface area (Å²) >= 11 is 0. The molecule has 2 rings (SSSR count). The van der Waals surface area contributed by atoms with E-state index >= 15 is 0 Å². The van der Waals surface area contributed by atoms with Crippen molar-refractivity contribution in [1.82, 2.24) is 4.90 Å². The molecule has 136 valence electrons. The highest BCUT2D eigenvalue weighted by Gasteiger charge is 2.40. The highest BCUT2D eigenvalue weighted by Crippen LogP contribution is 2.33. The molecule has 1 aromatic carbocycles. The zero-order chi connectivity index (χ0) is 18.9. The van der Waals surface area contributed by atoms with Gasteiger partial charge in [-0.05, 0) is 11.5 Å². The first-order chi connectivity index (χ1) is 11.6. The minimum Gasteiger partial charge on any atom is -0.480 e. The molecule has 0 aliphatic carbocycles. The van der Waals surface area contributed by atoms with E-state index in [1.807, 2.05) is 20.8 Å². The van der Waals surface area contributed by atoms with Crippen LogP contribution in [-0.4, -0.2) is 52.6 Å². The fraction of sp³-hybridized carbons (Fsp3) is 0.529. The number of carboxylic acids is 1. The monoisotopic (exact) mass is 350 g/mol. The molecule has 25 heavy (non-hydrogen) atoms. The summed E-state index contributed by atoms with van der Waals surface area (Å²) in [5.41, 5.74) is 0.0120. The number of rotatable bonds is 4. The molecule has 0 aromatic heterocycles. The van der Waals surface area contributed by atoms with E-state index in [0.29, 0.717) is 5.56 Å². The lowest BCUT2D eigenvalue weighted by atomic mass is 9.85. The van der Waals surface area contributed by atoms with Crippen LogP contribution in [0.1, 0.15) is 43.1 Å². The molecule has 1 aliphatic heterocycles. The van der Waals surface area contributed by atoms with Gasteiger partial charge in [0.1, 0.15) is 6.04 Å². The molecule has 0 bridgehead atoms. The standard InChI is InChI=1S/C17H22N2O6/c1-17(2,3)12-6-5-10(7-13(12)19(23)24)15(20)18-9-11(25-4)8-14(18)16(21)22/h5-7,11,14H,8-9H2,1-4H3,(H,21,22). The molecule has 8 heteroatoms. The van der Waals surface area contributed by atoms with E-state index in [4.69, 9.17) is 4.74 Å². The second-order valence-corrected chi connectivity index (χ2v) is 7.14. The van der Waals surface area contributed by atoms with Crippen molar-refractivity contribution in [3.8, 4) is 0 Å². The number of ether oxygens (including phenoxy) is 1. The maximum Gasteiger partial charge on any atom is 0.326 e. The maximum absolute atomic E-state index is 12.7. The number of hydrogen-bond acceptors (Lipinski definition) is 5. The van der Waals surface area contributed by atoms with E-state index in [0.717, 1.165) is 0 Å². The van der Waals surface area contributed by atoms with Crippen LogP contribution in [0.2, 0.25) is 0 Å². The Bertz CT molecular complexity index is 710. The van der Waals surface area contributed by atoms with Crippen molar-refractivity contribution in [2.24, 2.45) is 0 Å². The summed E-state index contributed by atoms with van der Waals surface area (Å²) in [6, 6.07) is 3.29. The van der Waals surface area contributed by atoms with Crippen molar-refractivity contribution in [1.29, 1.82) is 0 Å². The summed E-state index contributed by atoms with van der Waals surface area (Å²) in [5, 5.41) is 20.7. The third-order valence-electron chi connectivity index (χ3n) is 4.39. The van der Waals surface area contributed by atoms with Gasteiger partial charge >= 0.3 is 5.97 Å². The molecule has 1 amide bonds. The van der Waals surface area contributed by atoms with Gasteiger partial charge in [-0.15, -0.1) is 0 Å². The molecular formula is C17H22N2O6. The van der Waals surface area contributed by atoms with Crippen LogP contribution < -0.4 is 0 Å². The Morgan fingerprint density at radius 1 is 1.36 bits per heavy atom. The second-order valence-electron chi connectivity index (χ2n) is 7.14. The molecule has 8 nitrogen and oxygen atoms in total. The van der Waals surface area contributed by atoms with Crippen LogP contribution in [0, 0.1) is 10.1 Å². The van der Waals surface area contributed by atoms with Crippen molar-refractivity contribution < 1.29 is 24.4 Å². The zero-order valence-corrected chi connectivity index (χ0v) is 14.7. The average molecular weight is 350 g/mol. The average Bonchev–Trinajstić information content (AvgIpc) is 2.97. The van der Waals surface area contributed by atoms with Crippen molar-refractivity contribution in [2.75, 3.05) is 13.7 Å². The Balaban J connectivity index is 2.41. The topological polar surface area (TPSA) is 110 Å². The second kappa shape index (κ2) is 6.79. The van der Waals surface area contributed by atoms with E-state index in [1.165, 1.54) is 24.1 Å². The molecule has 1 fully saturated rings. The van der Waals surface area contributed by atoms with Gasteiger partial charge in [-0.25, -0.2) is 4.79 Å². The maximum atomic E-state index is 12.7. The number of nitro benzene ring substituents is 1. The third-order valence-corrected chi connectivity index (χ3v) is 4.39. The Labute approximate surface area is 145 Å². The molecule has 1 aromatic rings. The Morgan fingerprint density at radius 3 is 2.48 bits per heavy atom. The van der Waals surface area contributed by atoms with E-state index < -0.39 is 28.3 Å². The third kappa shape index (κ3) is 3.79. The highest BCUT2D eigenvalue weighted by molar-refractivity contribution is 5.97. The molecule has 1 N–H and O–H groups in total. The number of nitro groups is 1. The Kier molecular flexibility index (Phi) is 5.12. The molecule has 0 spiro atoms. The number of nitrogens with zero attached hydrogens (tertiary/aromatic N) is 2. The van der Waals surface area contributed by atoms with E-state index in [1.54, 1.807) is 6.07 Å². The molecule has 2 unspecified atom stereocenters. The van der Waals surface area contributed by atoms with Gasteiger partial charge in [0, 0.05) is 37.3 Å². The zero-order valence-electron chi connectivity index (χ0n) is 14.7. The first kappa shape index (κ1) is 18.9. The quantitative estimate of drug-likeness (QED) is 0.658. The largest absolute Gasteiger partial charge is 0.480 e. The van der Waals surface area contributed by atoms with Gasteiger partial charge < -0.3 is 14.7 Å². The summed E-state index contributed by atoms with van der Waals surface area (Å²) < 4.78 is 5.17.